The lowest BCUT2D eigenvalue weighted by atomic mass is 10.2. The fourth-order valence-electron chi connectivity index (χ4n) is 1.80. The van der Waals surface area contributed by atoms with Gasteiger partial charge in [-0.3, -0.25) is 4.72 Å². The molecule has 5 nitrogen and oxygen atoms in total. The van der Waals surface area contributed by atoms with Gasteiger partial charge in [-0.2, -0.15) is 5.26 Å². The minimum atomic E-state index is -3.67. The minimum absolute atomic E-state index is 0.177. The second-order valence-electron chi connectivity index (χ2n) is 4.32. The van der Waals surface area contributed by atoms with Crippen LogP contribution in [-0.4, -0.2) is 8.42 Å². The van der Waals surface area contributed by atoms with Gasteiger partial charge >= 0.3 is 0 Å². The predicted octanol–water partition coefficient (Wildman–Crippen LogP) is 2.25. The lowest BCUT2D eigenvalue weighted by molar-refractivity contribution is 0.600. The lowest BCUT2D eigenvalue weighted by Crippen LogP contribution is -2.14. The van der Waals surface area contributed by atoms with Crippen LogP contribution in [0.25, 0.3) is 0 Å². The first-order valence-electron chi connectivity index (χ1n) is 5.81. The molecule has 0 fully saturated rings. The van der Waals surface area contributed by atoms with Crippen molar-refractivity contribution in [2.75, 3.05) is 10.5 Å². The number of sulfonamides is 1. The third-order valence-corrected chi connectivity index (χ3v) is 4.30. The number of rotatable bonds is 3. The normalized spacial score (nSPS) is 10.8. The molecule has 0 aliphatic carbocycles. The van der Waals surface area contributed by atoms with Gasteiger partial charge in [0.2, 0.25) is 0 Å². The average molecular weight is 287 g/mol. The summed E-state index contributed by atoms with van der Waals surface area (Å²) in [6.45, 7) is 1.68. The molecule has 0 saturated heterocycles. The highest BCUT2D eigenvalue weighted by Crippen LogP contribution is 2.21. The van der Waals surface area contributed by atoms with Crippen molar-refractivity contribution < 1.29 is 8.42 Å². The highest BCUT2D eigenvalue weighted by atomic mass is 32.2. The minimum Gasteiger partial charge on any atom is -0.399 e. The van der Waals surface area contributed by atoms with Crippen LogP contribution in [0.2, 0.25) is 0 Å². The topological polar surface area (TPSA) is 96.0 Å². The molecule has 0 amide bonds. The summed E-state index contributed by atoms with van der Waals surface area (Å²) in [7, 11) is -3.67. The zero-order valence-electron chi connectivity index (χ0n) is 10.8. The summed E-state index contributed by atoms with van der Waals surface area (Å²) in [6, 6.07) is 12.8. The van der Waals surface area contributed by atoms with Gasteiger partial charge in [0, 0.05) is 11.4 Å². The van der Waals surface area contributed by atoms with Crippen molar-refractivity contribution in [2.45, 2.75) is 11.8 Å². The summed E-state index contributed by atoms with van der Waals surface area (Å²) in [4.78, 5) is 0.177. The van der Waals surface area contributed by atoms with Gasteiger partial charge < -0.3 is 5.73 Å². The Balaban J connectivity index is 2.33. The second-order valence-corrected chi connectivity index (χ2v) is 5.97. The molecule has 20 heavy (non-hydrogen) atoms. The van der Waals surface area contributed by atoms with Crippen LogP contribution < -0.4 is 10.5 Å². The Morgan fingerprint density at radius 2 is 1.80 bits per heavy atom. The summed E-state index contributed by atoms with van der Waals surface area (Å²) < 4.78 is 27.0. The van der Waals surface area contributed by atoms with Gasteiger partial charge in [0.25, 0.3) is 10.0 Å². The van der Waals surface area contributed by atoms with Gasteiger partial charge in [-0.15, -0.1) is 0 Å². The van der Waals surface area contributed by atoms with Crippen molar-refractivity contribution in [3.63, 3.8) is 0 Å². The standard InChI is InChI=1S/C14H13N3O2S/c1-10-8-12(16)4-7-14(10)20(18,19)17-13-5-2-11(9-15)3-6-13/h2-8,17H,16H2,1H3. The highest BCUT2D eigenvalue weighted by molar-refractivity contribution is 7.92. The summed E-state index contributed by atoms with van der Waals surface area (Å²) in [5.41, 5.74) is 7.57. The molecule has 0 spiro atoms. The Kier molecular flexibility index (Phi) is 3.63. The fourth-order valence-corrected chi connectivity index (χ4v) is 3.08. The number of nitrogen functional groups attached to an aromatic ring is 1. The molecule has 0 unspecified atom stereocenters. The molecule has 0 saturated carbocycles. The van der Waals surface area contributed by atoms with Gasteiger partial charge in [0.05, 0.1) is 16.5 Å². The van der Waals surface area contributed by atoms with Crippen LogP contribution in [-0.2, 0) is 10.0 Å². The number of hydrogen-bond acceptors (Lipinski definition) is 4. The van der Waals surface area contributed by atoms with Crippen LogP contribution in [0.4, 0.5) is 11.4 Å². The van der Waals surface area contributed by atoms with Crippen LogP contribution in [0.3, 0.4) is 0 Å². The van der Waals surface area contributed by atoms with Crippen molar-refractivity contribution >= 4 is 21.4 Å². The summed E-state index contributed by atoms with van der Waals surface area (Å²) in [6.07, 6.45) is 0. The van der Waals surface area contributed by atoms with Crippen molar-refractivity contribution in [1.29, 1.82) is 5.26 Å². The van der Waals surface area contributed by atoms with Crippen molar-refractivity contribution in [1.82, 2.24) is 0 Å². The number of benzene rings is 2. The molecule has 0 bridgehead atoms. The zero-order chi connectivity index (χ0) is 14.8. The van der Waals surface area contributed by atoms with E-state index in [1.807, 2.05) is 6.07 Å². The van der Waals surface area contributed by atoms with E-state index in [0.717, 1.165) is 0 Å². The van der Waals surface area contributed by atoms with Gasteiger partial charge in [0.1, 0.15) is 0 Å². The first kappa shape index (κ1) is 13.9. The quantitative estimate of drug-likeness (QED) is 0.846. The Hall–Kier alpha value is -2.52. The van der Waals surface area contributed by atoms with Gasteiger partial charge in [-0.05, 0) is 55.0 Å². The number of nitrogens with one attached hydrogen (secondary N) is 1. The average Bonchev–Trinajstić information content (AvgIpc) is 2.38. The molecule has 6 heteroatoms. The van der Waals surface area contributed by atoms with E-state index in [-0.39, 0.29) is 4.90 Å². The lowest BCUT2D eigenvalue weighted by Gasteiger charge is -2.10. The van der Waals surface area contributed by atoms with E-state index in [9.17, 15) is 8.42 Å². The third-order valence-electron chi connectivity index (χ3n) is 2.75. The predicted molar refractivity (Wildman–Crippen MR) is 77.6 cm³/mol. The fraction of sp³-hybridized carbons (Fsp3) is 0.0714. The number of hydrogen-bond donors (Lipinski definition) is 2. The molecule has 0 radical (unpaired) electrons. The van der Waals surface area contributed by atoms with Crippen molar-refractivity contribution in [3.05, 3.63) is 53.6 Å². The Labute approximate surface area is 117 Å². The van der Waals surface area contributed by atoms with E-state index in [4.69, 9.17) is 11.0 Å². The molecule has 2 aromatic carbocycles. The van der Waals surface area contributed by atoms with Gasteiger partial charge in [0.15, 0.2) is 0 Å². The van der Waals surface area contributed by atoms with E-state index >= 15 is 0 Å². The number of nitriles is 1. The SMILES string of the molecule is Cc1cc(N)ccc1S(=O)(=O)Nc1ccc(C#N)cc1. The Bertz CT molecular complexity index is 775. The van der Waals surface area contributed by atoms with E-state index in [0.29, 0.717) is 22.5 Å². The number of aryl methyl sites for hydroxylation is 1. The van der Waals surface area contributed by atoms with Crippen LogP contribution >= 0.6 is 0 Å². The molecule has 102 valence electrons. The summed E-state index contributed by atoms with van der Waals surface area (Å²) >= 11 is 0. The molecular weight excluding hydrogens is 274 g/mol. The molecule has 3 N–H and O–H groups in total. The van der Waals surface area contributed by atoms with Crippen LogP contribution in [0.15, 0.2) is 47.4 Å². The Morgan fingerprint density at radius 1 is 1.15 bits per heavy atom. The molecular formula is C14H13N3O2S. The molecule has 0 aliphatic heterocycles. The summed E-state index contributed by atoms with van der Waals surface area (Å²) in [5, 5.41) is 8.70. The zero-order valence-corrected chi connectivity index (χ0v) is 11.6. The molecule has 0 aliphatic rings. The molecule has 0 aromatic heterocycles. The molecule has 0 heterocycles. The first-order chi connectivity index (χ1) is 9.42. The van der Waals surface area contributed by atoms with Crippen LogP contribution in [0, 0.1) is 18.3 Å². The van der Waals surface area contributed by atoms with E-state index in [1.165, 1.54) is 6.07 Å². The number of anilines is 2. The number of nitrogens with two attached hydrogens (primary N) is 1. The maximum atomic E-state index is 12.3. The van der Waals surface area contributed by atoms with Crippen molar-refractivity contribution in [2.24, 2.45) is 0 Å². The van der Waals surface area contributed by atoms with Crippen LogP contribution in [0.1, 0.15) is 11.1 Å². The van der Waals surface area contributed by atoms with E-state index < -0.39 is 10.0 Å². The Morgan fingerprint density at radius 3 is 2.35 bits per heavy atom. The monoisotopic (exact) mass is 287 g/mol. The largest absolute Gasteiger partial charge is 0.399 e. The summed E-state index contributed by atoms with van der Waals surface area (Å²) in [5.74, 6) is 0. The number of nitrogens with zero attached hydrogens (tertiary/aromatic N) is 1. The second kappa shape index (κ2) is 5.23. The van der Waals surface area contributed by atoms with Gasteiger partial charge in [-0.1, -0.05) is 0 Å². The molecule has 2 aromatic rings. The van der Waals surface area contributed by atoms with Crippen molar-refractivity contribution in [3.8, 4) is 6.07 Å². The van der Waals surface area contributed by atoms with Gasteiger partial charge in [-0.25, -0.2) is 8.42 Å². The third kappa shape index (κ3) is 2.90. The van der Waals surface area contributed by atoms with E-state index in [2.05, 4.69) is 4.72 Å². The van der Waals surface area contributed by atoms with E-state index in [1.54, 1.807) is 43.3 Å². The maximum absolute atomic E-state index is 12.3. The first-order valence-corrected chi connectivity index (χ1v) is 7.30. The smallest absolute Gasteiger partial charge is 0.262 e. The maximum Gasteiger partial charge on any atom is 0.262 e. The van der Waals surface area contributed by atoms with Crippen LogP contribution in [0.5, 0.6) is 0 Å². The molecule has 2 rings (SSSR count). The highest BCUT2D eigenvalue weighted by Gasteiger charge is 2.16. The molecule has 0 atom stereocenters.